The molecule has 37 heavy (non-hydrogen) atoms. The summed E-state index contributed by atoms with van der Waals surface area (Å²) in [5, 5.41) is 21.4. The molecule has 1 aliphatic rings. The number of alkyl carbamates (subject to hydrolysis) is 1. The molecule has 0 unspecified atom stereocenters. The van der Waals surface area contributed by atoms with Gasteiger partial charge in [0.25, 0.3) is 4.92 Å². The third-order valence-corrected chi connectivity index (χ3v) is 5.83. The van der Waals surface area contributed by atoms with Crippen LogP contribution in [0.4, 0.5) is 27.9 Å². The van der Waals surface area contributed by atoms with Crippen LogP contribution in [0.5, 0.6) is 0 Å². The van der Waals surface area contributed by atoms with Gasteiger partial charge < -0.3 is 26.0 Å². The van der Waals surface area contributed by atoms with E-state index in [0.29, 0.717) is 30.6 Å². The average molecular weight is 515 g/mol. The number of anilines is 3. The lowest BCUT2D eigenvalue weighted by atomic mass is 9.86. The quantitative estimate of drug-likeness (QED) is 0.307. The minimum absolute atomic E-state index is 0.0680. The molecule has 200 valence electrons. The Hall–Kier alpha value is -3.96. The lowest BCUT2D eigenvalue weighted by molar-refractivity contribution is -0.729. The molecule has 1 heterocycles. The number of carbonyl (C=O) groups excluding carboxylic acids is 2. The maximum absolute atomic E-state index is 12.0. The highest BCUT2D eigenvalue weighted by Gasteiger charge is 2.27. The van der Waals surface area contributed by atoms with Crippen LogP contribution in [0, 0.1) is 10.8 Å². The van der Waals surface area contributed by atoms with E-state index in [1.54, 1.807) is 12.1 Å². The SMILES string of the molecule is CC(=O)Nc1ccc(CNc2ncc([N+](=O)O)c(NC[C@H]3CC[C@H](NC(=O)OC(C)(C)C)CC3)n2)cc1. The molecule has 0 spiro atoms. The topological polar surface area (TPSA) is 158 Å². The van der Waals surface area contributed by atoms with E-state index in [9.17, 15) is 19.7 Å². The van der Waals surface area contributed by atoms with Crippen molar-refractivity contribution in [1.82, 2.24) is 15.3 Å². The van der Waals surface area contributed by atoms with Crippen LogP contribution in [0.3, 0.4) is 0 Å². The zero-order valence-corrected chi connectivity index (χ0v) is 21.7. The summed E-state index contributed by atoms with van der Waals surface area (Å²) < 4.78 is 5.33. The van der Waals surface area contributed by atoms with Gasteiger partial charge in [-0.3, -0.25) is 4.79 Å². The molecular weight excluding hydrogens is 478 g/mol. The number of aromatic nitrogens is 2. The summed E-state index contributed by atoms with van der Waals surface area (Å²) in [5.74, 6) is 0.701. The minimum Gasteiger partial charge on any atom is -0.444 e. The van der Waals surface area contributed by atoms with Crippen LogP contribution in [-0.4, -0.2) is 50.3 Å². The van der Waals surface area contributed by atoms with Gasteiger partial charge in [-0.1, -0.05) is 12.1 Å². The highest BCUT2D eigenvalue weighted by atomic mass is 16.6. The van der Waals surface area contributed by atoms with Crippen LogP contribution in [0.25, 0.3) is 0 Å². The van der Waals surface area contributed by atoms with E-state index in [1.165, 1.54) is 13.1 Å². The van der Waals surface area contributed by atoms with Crippen molar-refractivity contribution < 1.29 is 24.5 Å². The van der Waals surface area contributed by atoms with Crippen LogP contribution in [0.2, 0.25) is 0 Å². The Morgan fingerprint density at radius 1 is 1.11 bits per heavy atom. The number of nitrogens with zero attached hydrogens (tertiary/aromatic N) is 3. The van der Waals surface area contributed by atoms with Crippen LogP contribution >= 0.6 is 0 Å². The largest absolute Gasteiger partial charge is 0.444 e. The average Bonchev–Trinajstić information content (AvgIpc) is 2.81. The zero-order valence-electron chi connectivity index (χ0n) is 21.7. The molecule has 0 atom stereocenters. The smallest absolute Gasteiger partial charge is 0.407 e. The van der Waals surface area contributed by atoms with E-state index in [1.807, 2.05) is 32.9 Å². The molecule has 2 aromatic rings. The predicted molar refractivity (Wildman–Crippen MR) is 139 cm³/mol. The maximum atomic E-state index is 12.0. The summed E-state index contributed by atoms with van der Waals surface area (Å²) in [5.41, 5.74) is 1.04. The fourth-order valence-electron chi connectivity index (χ4n) is 4.05. The number of amides is 2. The number of benzene rings is 1. The Morgan fingerprint density at radius 2 is 1.78 bits per heavy atom. The Balaban J connectivity index is 1.52. The van der Waals surface area contributed by atoms with Crippen molar-refractivity contribution in [3.8, 4) is 0 Å². The van der Waals surface area contributed by atoms with Gasteiger partial charge in [0.05, 0.1) is 4.91 Å². The molecule has 1 aromatic carbocycles. The normalized spacial score (nSPS) is 17.4. The molecule has 12 heteroatoms. The van der Waals surface area contributed by atoms with Gasteiger partial charge in [0.15, 0.2) is 0 Å². The summed E-state index contributed by atoms with van der Waals surface area (Å²) in [6, 6.07) is 7.40. The summed E-state index contributed by atoms with van der Waals surface area (Å²) in [7, 11) is 0. The highest BCUT2D eigenvalue weighted by molar-refractivity contribution is 5.88. The molecule has 5 N–H and O–H groups in total. The predicted octanol–water partition coefficient (Wildman–Crippen LogP) is 4.34. The van der Waals surface area contributed by atoms with Gasteiger partial charge in [0.1, 0.15) is 11.8 Å². The Labute approximate surface area is 216 Å². The molecular formula is C25H36N7O5+. The third-order valence-electron chi connectivity index (χ3n) is 5.83. The van der Waals surface area contributed by atoms with Gasteiger partial charge in [-0.2, -0.15) is 4.98 Å². The van der Waals surface area contributed by atoms with E-state index in [4.69, 9.17) is 4.74 Å². The van der Waals surface area contributed by atoms with E-state index in [2.05, 4.69) is 31.2 Å². The first kappa shape index (κ1) is 27.6. The second-order valence-electron chi connectivity index (χ2n) is 10.2. The van der Waals surface area contributed by atoms with E-state index >= 15 is 0 Å². The van der Waals surface area contributed by atoms with Gasteiger partial charge in [0, 0.05) is 31.7 Å². The van der Waals surface area contributed by atoms with E-state index < -0.39 is 11.7 Å². The van der Waals surface area contributed by atoms with Crippen LogP contribution < -0.4 is 21.3 Å². The first-order valence-corrected chi connectivity index (χ1v) is 12.4. The number of hydrogen-bond acceptors (Lipinski definition) is 8. The van der Waals surface area contributed by atoms with Crippen molar-refractivity contribution in [2.75, 3.05) is 22.5 Å². The number of nitrogens with one attached hydrogen (secondary N) is 4. The van der Waals surface area contributed by atoms with Gasteiger partial charge in [0.2, 0.25) is 17.7 Å². The van der Waals surface area contributed by atoms with E-state index in [0.717, 1.165) is 31.2 Å². The molecule has 0 saturated heterocycles. The molecule has 3 rings (SSSR count). The van der Waals surface area contributed by atoms with Gasteiger partial charge in [-0.25, -0.2) is 15.0 Å². The standard InChI is InChI=1S/C25H35N7O5/c1-16(33)29-19-9-5-18(6-10-19)14-27-23-28-15-21(32(35)36)22(31-23)26-13-17-7-11-20(12-8-17)30-24(34)37-25(2,3)4/h5-6,9-10,15,17,20H,7-8,11-14H2,1-4H3,(H4-,26,27,28,29,30,31,33,34,35,36)/p+1/t17-,20-. The number of ether oxygens (including phenoxy) is 1. The van der Waals surface area contributed by atoms with Crippen molar-refractivity contribution >= 4 is 35.1 Å². The van der Waals surface area contributed by atoms with Crippen molar-refractivity contribution in [3.05, 3.63) is 40.9 Å². The second-order valence-corrected chi connectivity index (χ2v) is 10.2. The van der Waals surface area contributed by atoms with Crippen LogP contribution in [-0.2, 0) is 16.1 Å². The van der Waals surface area contributed by atoms with Crippen molar-refractivity contribution in [1.29, 1.82) is 0 Å². The first-order chi connectivity index (χ1) is 17.5. The molecule has 1 fully saturated rings. The molecule has 1 aromatic heterocycles. The Morgan fingerprint density at radius 3 is 2.38 bits per heavy atom. The molecule has 12 nitrogen and oxygen atoms in total. The monoisotopic (exact) mass is 514 g/mol. The molecule has 0 aliphatic heterocycles. The second kappa shape index (κ2) is 12.3. The zero-order chi connectivity index (χ0) is 27.0. The Kier molecular flexibility index (Phi) is 9.20. The summed E-state index contributed by atoms with van der Waals surface area (Å²) >= 11 is 0. The molecule has 1 aliphatic carbocycles. The van der Waals surface area contributed by atoms with Crippen molar-refractivity contribution in [2.45, 2.75) is 71.6 Å². The maximum Gasteiger partial charge on any atom is 0.407 e. The lowest BCUT2D eigenvalue weighted by Gasteiger charge is -2.30. The fraction of sp³-hybridized carbons (Fsp3) is 0.520. The molecule has 0 bridgehead atoms. The molecule has 2 amide bonds. The van der Waals surface area contributed by atoms with Crippen molar-refractivity contribution in [2.24, 2.45) is 5.92 Å². The van der Waals surface area contributed by atoms with Gasteiger partial charge in [-0.05, 0) is 70.1 Å². The number of rotatable bonds is 9. The van der Waals surface area contributed by atoms with Gasteiger partial charge in [-0.15, -0.1) is 0 Å². The van der Waals surface area contributed by atoms with Gasteiger partial charge >= 0.3 is 11.8 Å². The third kappa shape index (κ3) is 9.21. The summed E-state index contributed by atoms with van der Waals surface area (Å²) in [4.78, 5) is 43.0. The van der Waals surface area contributed by atoms with Crippen LogP contribution in [0.1, 0.15) is 58.9 Å². The lowest BCUT2D eigenvalue weighted by Crippen LogP contribution is -2.41. The highest BCUT2D eigenvalue weighted by Crippen LogP contribution is 2.27. The summed E-state index contributed by atoms with van der Waals surface area (Å²) in [6.07, 6.45) is 4.27. The fourth-order valence-corrected chi connectivity index (χ4v) is 4.05. The minimum atomic E-state index is -0.533. The first-order valence-electron chi connectivity index (χ1n) is 12.4. The van der Waals surface area contributed by atoms with E-state index in [-0.39, 0.29) is 28.4 Å². The Bertz CT molecular complexity index is 1090. The summed E-state index contributed by atoms with van der Waals surface area (Å²) in [6.45, 7) is 7.93. The number of hydrogen-bond donors (Lipinski definition) is 5. The molecule has 1 saturated carbocycles. The van der Waals surface area contributed by atoms with Crippen LogP contribution in [0.15, 0.2) is 30.5 Å². The number of carbonyl (C=O) groups is 2. The van der Waals surface area contributed by atoms with Crippen molar-refractivity contribution in [3.63, 3.8) is 0 Å². The molecule has 0 radical (unpaired) electrons.